The molecule has 2 amide bonds. The van der Waals surface area contributed by atoms with E-state index in [9.17, 15) is 9.59 Å². The molecule has 1 heterocycles. The van der Waals surface area contributed by atoms with Crippen molar-refractivity contribution in [1.82, 2.24) is 10.3 Å². The molecule has 4 rings (SSSR count). The molecule has 4 aromatic rings. The molecule has 0 spiro atoms. The summed E-state index contributed by atoms with van der Waals surface area (Å²) in [6, 6.07) is 20.8. The predicted octanol–water partition coefficient (Wildman–Crippen LogP) is 5.64. The number of esters is 1. The zero-order valence-corrected chi connectivity index (χ0v) is 19.7. The average Bonchev–Trinajstić information content (AvgIpc) is 3.32. The molecule has 0 saturated carbocycles. The summed E-state index contributed by atoms with van der Waals surface area (Å²) >= 11 is 0. The lowest BCUT2D eigenvalue weighted by Gasteiger charge is -2.12. The fourth-order valence-electron chi connectivity index (χ4n) is 3.70. The van der Waals surface area contributed by atoms with Gasteiger partial charge in [-0.2, -0.15) is 0 Å². The second kappa shape index (κ2) is 11.2. The quantitative estimate of drug-likeness (QED) is 0.241. The minimum Gasteiger partial charge on any atom is -0.495 e. The van der Waals surface area contributed by atoms with Crippen molar-refractivity contribution >= 4 is 28.8 Å². The molecule has 8 nitrogen and oxygen atoms in total. The molecule has 0 unspecified atom stereocenters. The lowest BCUT2D eigenvalue weighted by Crippen LogP contribution is -2.30. The van der Waals surface area contributed by atoms with E-state index in [-0.39, 0.29) is 12.4 Å². The molecule has 0 fully saturated rings. The van der Waals surface area contributed by atoms with E-state index in [4.69, 9.17) is 18.9 Å². The number of rotatable bonds is 9. The summed E-state index contributed by atoms with van der Waals surface area (Å²) in [6.07, 6.45) is 0.728. The number of urea groups is 1. The van der Waals surface area contributed by atoms with Gasteiger partial charge in [0, 0.05) is 24.1 Å². The maximum Gasteiger partial charge on any atom is 0.319 e. The van der Waals surface area contributed by atoms with Gasteiger partial charge in [0.15, 0.2) is 5.58 Å². The Morgan fingerprint density at radius 1 is 1.00 bits per heavy atom. The number of para-hydroxylation sites is 1. The number of oxazole rings is 1. The molecule has 0 aliphatic heterocycles. The van der Waals surface area contributed by atoms with Crippen LogP contribution in [0, 0.1) is 0 Å². The Labute approximate surface area is 203 Å². The first kappa shape index (κ1) is 23.8. The van der Waals surface area contributed by atoms with Crippen molar-refractivity contribution in [1.29, 1.82) is 0 Å². The van der Waals surface area contributed by atoms with Crippen molar-refractivity contribution in [2.45, 2.75) is 19.8 Å². The van der Waals surface area contributed by atoms with Crippen LogP contribution in [0.2, 0.25) is 0 Å². The number of aromatic nitrogens is 1. The molecule has 180 valence electrons. The largest absolute Gasteiger partial charge is 0.495 e. The monoisotopic (exact) mass is 473 g/mol. The van der Waals surface area contributed by atoms with Gasteiger partial charge in [-0.05, 0) is 43.2 Å². The number of hydrogen-bond acceptors (Lipinski definition) is 6. The lowest BCUT2D eigenvalue weighted by molar-refractivity contribution is -0.143. The standard InChI is InChI=1S/C27H27N3O5/c1-3-34-24(31)13-8-16-28-27(32)29-21-17-19(14-15-22(21)33-2)26-30-25-20(11-7-12-23(25)35-26)18-9-5-4-6-10-18/h4-7,9-12,14-15,17H,3,8,13,16H2,1-2H3,(H2,28,29,32). The molecular weight excluding hydrogens is 446 g/mol. The number of nitrogens with zero attached hydrogens (tertiary/aromatic N) is 1. The van der Waals surface area contributed by atoms with E-state index in [2.05, 4.69) is 10.6 Å². The van der Waals surface area contributed by atoms with Gasteiger partial charge in [-0.3, -0.25) is 4.79 Å². The Hall–Kier alpha value is -4.33. The SMILES string of the molecule is CCOC(=O)CCCNC(=O)Nc1cc(-c2nc3c(-c4ccccc4)cccc3o2)ccc1OC. The third-order valence-corrected chi connectivity index (χ3v) is 5.35. The van der Waals surface area contributed by atoms with E-state index >= 15 is 0 Å². The van der Waals surface area contributed by atoms with Crippen LogP contribution < -0.4 is 15.4 Å². The van der Waals surface area contributed by atoms with E-state index in [0.717, 1.165) is 16.6 Å². The van der Waals surface area contributed by atoms with Gasteiger partial charge in [0.1, 0.15) is 11.3 Å². The first-order chi connectivity index (χ1) is 17.1. The lowest BCUT2D eigenvalue weighted by atomic mass is 10.0. The number of carbonyl (C=O) groups excluding carboxylic acids is 2. The van der Waals surface area contributed by atoms with Crippen molar-refractivity contribution in [2.75, 3.05) is 25.6 Å². The molecule has 8 heteroatoms. The molecule has 0 aliphatic carbocycles. The van der Waals surface area contributed by atoms with Gasteiger partial charge >= 0.3 is 12.0 Å². The van der Waals surface area contributed by atoms with Crippen molar-refractivity contribution in [3.8, 4) is 28.3 Å². The fourth-order valence-corrected chi connectivity index (χ4v) is 3.70. The number of methoxy groups -OCH3 is 1. The minimum absolute atomic E-state index is 0.246. The summed E-state index contributed by atoms with van der Waals surface area (Å²) in [6.45, 7) is 2.44. The van der Waals surface area contributed by atoms with E-state index in [1.807, 2.05) is 54.6 Å². The number of benzene rings is 3. The molecule has 2 N–H and O–H groups in total. The topological polar surface area (TPSA) is 103 Å². The molecule has 35 heavy (non-hydrogen) atoms. The molecule has 0 atom stereocenters. The zero-order chi connectivity index (χ0) is 24.6. The highest BCUT2D eigenvalue weighted by atomic mass is 16.5. The molecule has 0 saturated heterocycles. The van der Waals surface area contributed by atoms with Crippen LogP contribution in [0.15, 0.2) is 71.1 Å². The Kier molecular flexibility index (Phi) is 7.62. The Morgan fingerprint density at radius 2 is 1.83 bits per heavy atom. The summed E-state index contributed by atoms with van der Waals surface area (Å²) in [4.78, 5) is 28.6. The maximum absolute atomic E-state index is 12.4. The summed E-state index contributed by atoms with van der Waals surface area (Å²) < 4.78 is 16.3. The smallest absolute Gasteiger partial charge is 0.319 e. The highest BCUT2D eigenvalue weighted by Gasteiger charge is 2.15. The summed E-state index contributed by atoms with van der Waals surface area (Å²) in [5.74, 6) is 0.651. The van der Waals surface area contributed by atoms with Gasteiger partial charge in [0.2, 0.25) is 5.89 Å². The number of anilines is 1. The highest BCUT2D eigenvalue weighted by Crippen LogP contribution is 2.34. The second-order valence-electron chi connectivity index (χ2n) is 7.74. The van der Waals surface area contributed by atoms with Crippen LogP contribution in [0.4, 0.5) is 10.5 Å². The fraction of sp³-hybridized carbons (Fsp3) is 0.222. The van der Waals surface area contributed by atoms with Crippen molar-refractivity contribution in [3.05, 3.63) is 66.7 Å². The summed E-state index contributed by atoms with van der Waals surface area (Å²) in [7, 11) is 1.53. The van der Waals surface area contributed by atoms with E-state index < -0.39 is 6.03 Å². The maximum atomic E-state index is 12.4. The normalized spacial score (nSPS) is 10.7. The average molecular weight is 474 g/mol. The summed E-state index contributed by atoms with van der Waals surface area (Å²) in [5, 5.41) is 5.53. The van der Waals surface area contributed by atoms with Gasteiger partial charge in [-0.1, -0.05) is 42.5 Å². The van der Waals surface area contributed by atoms with Crippen LogP contribution in [-0.4, -0.2) is 37.2 Å². The molecule has 1 aromatic heterocycles. The van der Waals surface area contributed by atoms with Crippen LogP contribution in [0.25, 0.3) is 33.7 Å². The number of fused-ring (bicyclic) bond motifs is 1. The first-order valence-electron chi connectivity index (χ1n) is 11.4. The van der Waals surface area contributed by atoms with Crippen molar-refractivity contribution in [3.63, 3.8) is 0 Å². The third kappa shape index (κ3) is 5.78. The van der Waals surface area contributed by atoms with E-state index in [1.165, 1.54) is 7.11 Å². The van der Waals surface area contributed by atoms with Gasteiger partial charge < -0.3 is 24.5 Å². The Morgan fingerprint density at radius 3 is 2.60 bits per heavy atom. The van der Waals surface area contributed by atoms with Gasteiger partial charge in [0.25, 0.3) is 0 Å². The molecule has 0 aliphatic rings. The van der Waals surface area contributed by atoms with Gasteiger partial charge in [0.05, 0.1) is 19.4 Å². The van der Waals surface area contributed by atoms with Crippen molar-refractivity contribution < 1.29 is 23.5 Å². The van der Waals surface area contributed by atoms with Crippen LogP contribution >= 0.6 is 0 Å². The molecule has 0 bridgehead atoms. The van der Waals surface area contributed by atoms with E-state index in [1.54, 1.807) is 19.1 Å². The highest BCUT2D eigenvalue weighted by molar-refractivity contribution is 5.94. The summed E-state index contributed by atoms with van der Waals surface area (Å²) in [5.41, 5.74) is 4.63. The second-order valence-corrected chi connectivity index (χ2v) is 7.74. The minimum atomic E-state index is -0.409. The molecular formula is C27H27N3O5. The molecule has 0 radical (unpaired) electrons. The first-order valence-corrected chi connectivity index (χ1v) is 11.4. The van der Waals surface area contributed by atoms with Crippen LogP contribution in [0.3, 0.4) is 0 Å². The van der Waals surface area contributed by atoms with Gasteiger partial charge in [-0.25, -0.2) is 9.78 Å². The number of ether oxygens (including phenoxy) is 2. The molecule has 3 aromatic carbocycles. The predicted molar refractivity (Wildman–Crippen MR) is 134 cm³/mol. The van der Waals surface area contributed by atoms with Crippen molar-refractivity contribution in [2.24, 2.45) is 0 Å². The number of hydrogen-bond donors (Lipinski definition) is 2. The van der Waals surface area contributed by atoms with Crippen LogP contribution in [0.5, 0.6) is 5.75 Å². The Bertz CT molecular complexity index is 1320. The number of carbonyl (C=O) groups is 2. The zero-order valence-electron chi connectivity index (χ0n) is 19.7. The number of amides is 2. The van der Waals surface area contributed by atoms with E-state index in [0.29, 0.717) is 48.0 Å². The van der Waals surface area contributed by atoms with Crippen LogP contribution in [-0.2, 0) is 9.53 Å². The Balaban J connectivity index is 1.52. The third-order valence-electron chi connectivity index (χ3n) is 5.35. The number of nitrogens with one attached hydrogen (secondary N) is 2. The van der Waals surface area contributed by atoms with Crippen LogP contribution in [0.1, 0.15) is 19.8 Å². The van der Waals surface area contributed by atoms with Gasteiger partial charge in [-0.15, -0.1) is 0 Å².